The first-order valence-corrected chi connectivity index (χ1v) is 10.3. The molecule has 0 radical (unpaired) electrons. The van der Waals surface area contributed by atoms with Crippen LogP contribution in [0, 0.1) is 0 Å². The number of benzene rings is 1. The standard InChI is InChI=1S/C22H18F3N7O3/c1-2-35-21(34)17-11-29-32(18(17)22(23,24)25)16-7-5-14(6-8-16)20(33)28-10-15-4-3-9-27-19(15)31-13-26-12-30-31/h3-9,11-13H,2,10H2,1H3,(H,28,33). The zero-order valence-corrected chi connectivity index (χ0v) is 18.2. The van der Waals surface area contributed by atoms with E-state index in [4.69, 9.17) is 4.74 Å². The van der Waals surface area contributed by atoms with Gasteiger partial charge in [-0.1, -0.05) is 6.07 Å². The third-order valence-electron chi connectivity index (χ3n) is 4.85. The van der Waals surface area contributed by atoms with Gasteiger partial charge in [-0.05, 0) is 37.3 Å². The molecule has 1 aromatic carbocycles. The number of ether oxygens (including phenoxy) is 1. The minimum absolute atomic E-state index is 0.0187. The molecule has 0 aliphatic carbocycles. The lowest BCUT2D eigenvalue weighted by Crippen LogP contribution is -2.24. The highest BCUT2D eigenvalue weighted by atomic mass is 19.4. The number of carbonyl (C=O) groups is 2. The van der Waals surface area contributed by atoms with Gasteiger partial charge in [0, 0.05) is 23.9 Å². The fourth-order valence-electron chi connectivity index (χ4n) is 3.30. The van der Waals surface area contributed by atoms with Crippen LogP contribution in [0.2, 0.25) is 0 Å². The molecule has 0 bridgehead atoms. The summed E-state index contributed by atoms with van der Waals surface area (Å²) in [5.41, 5.74) is -1.04. The molecule has 1 N–H and O–H groups in total. The maximum absolute atomic E-state index is 13.7. The number of carbonyl (C=O) groups excluding carboxylic acids is 2. The molecular formula is C22H18F3N7O3. The highest BCUT2D eigenvalue weighted by molar-refractivity contribution is 5.94. The van der Waals surface area contributed by atoms with Crippen molar-refractivity contribution in [2.24, 2.45) is 0 Å². The fourth-order valence-corrected chi connectivity index (χ4v) is 3.30. The molecule has 180 valence electrons. The number of amides is 1. The van der Waals surface area contributed by atoms with Crippen LogP contribution in [0.4, 0.5) is 13.2 Å². The van der Waals surface area contributed by atoms with Crippen LogP contribution in [0.25, 0.3) is 11.5 Å². The van der Waals surface area contributed by atoms with Crippen molar-refractivity contribution < 1.29 is 27.5 Å². The molecule has 10 nitrogen and oxygen atoms in total. The summed E-state index contributed by atoms with van der Waals surface area (Å²) in [4.78, 5) is 32.7. The molecule has 0 saturated carbocycles. The van der Waals surface area contributed by atoms with Gasteiger partial charge in [-0.3, -0.25) is 4.79 Å². The zero-order valence-electron chi connectivity index (χ0n) is 18.2. The molecule has 0 aliphatic heterocycles. The molecule has 3 aromatic heterocycles. The summed E-state index contributed by atoms with van der Waals surface area (Å²) in [6.07, 6.45) is 0.365. The number of rotatable bonds is 7. The van der Waals surface area contributed by atoms with Crippen LogP contribution in [0.1, 0.15) is 38.9 Å². The Morgan fingerprint density at radius 1 is 1.11 bits per heavy atom. The van der Waals surface area contributed by atoms with Crippen molar-refractivity contribution in [3.05, 3.63) is 83.8 Å². The fraction of sp³-hybridized carbons (Fsp3) is 0.182. The van der Waals surface area contributed by atoms with Crippen LogP contribution in [-0.2, 0) is 17.5 Å². The van der Waals surface area contributed by atoms with E-state index in [-0.39, 0.29) is 24.4 Å². The summed E-state index contributed by atoms with van der Waals surface area (Å²) in [5.74, 6) is -1.08. The molecule has 4 rings (SSSR count). The second-order valence-electron chi connectivity index (χ2n) is 7.09. The number of nitrogens with zero attached hydrogens (tertiary/aromatic N) is 6. The molecule has 0 unspecified atom stereocenters. The zero-order chi connectivity index (χ0) is 25.0. The van der Waals surface area contributed by atoms with E-state index in [1.54, 1.807) is 18.3 Å². The van der Waals surface area contributed by atoms with Crippen molar-refractivity contribution in [1.82, 2.24) is 34.8 Å². The summed E-state index contributed by atoms with van der Waals surface area (Å²) in [5, 5.41) is 10.5. The molecule has 13 heteroatoms. The summed E-state index contributed by atoms with van der Waals surface area (Å²) in [6, 6.07) is 8.80. The molecule has 0 atom stereocenters. The maximum Gasteiger partial charge on any atom is 0.434 e. The normalized spacial score (nSPS) is 11.3. The molecule has 3 heterocycles. The van der Waals surface area contributed by atoms with Gasteiger partial charge in [-0.15, -0.1) is 0 Å². The third-order valence-corrected chi connectivity index (χ3v) is 4.85. The number of pyridine rings is 1. The van der Waals surface area contributed by atoms with E-state index in [1.807, 2.05) is 0 Å². The Morgan fingerprint density at radius 2 is 1.89 bits per heavy atom. The van der Waals surface area contributed by atoms with Crippen molar-refractivity contribution >= 4 is 11.9 Å². The lowest BCUT2D eigenvalue weighted by Gasteiger charge is -2.13. The molecule has 4 aromatic rings. The number of hydrogen-bond donors (Lipinski definition) is 1. The molecule has 0 aliphatic rings. The van der Waals surface area contributed by atoms with E-state index in [9.17, 15) is 22.8 Å². The minimum Gasteiger partial charge on any atom is -0.462 e. The quantitative estimate of drug-likeness (QED) is 0.400. The first-order valence-electron chi connectivity index (χ1n) is 10.3. The topological polar surface area (TPSA) is 117 Å². The smallest absolute Gasteiger partial charge is 0.434 e. The van der Waals surface area contributed by atoms with Crippen LogP contribution in [0.15, 0.2) is 61.4 Å². The van der Waals surface area contributed by atoms with Crippen molar-refractivity contribution in [3.8, 4) is 11.5 Å². The second kappa shape index (κ2) is 9.75. The van der Waals surface area contributed by atoms with Gasteiger partial charge in [-0.2, -0.15) is 23.4 Å². The van der Waals surface area contributed by atoms with Gasteiger partial charge in [0.1, 0.15) is 18.2 Å². The largest absolute Gasteiger partial charge is 0.462 e. The Bertz CT molecular complexity index is 1330. The van der Waals surface area contributed by atoms with Gasteiger partial charge in [0.15, 0.2) is 11.5 Å². The van der Waals surface area contributed by atoms with Gasteiger partial charge in [0.25, 0.3) is 5.91 Å². The third kappa shape index (κ3) is 5.03. The predicted octanol–water partition coefficient (Wildman–Crippen LogP) is 2.97. The lowest BCUT2D eigenvalue weighted by atomic mass is 10.1. The summed E-state index contributed by atoms with van der Waals surface area (Å²) < 4.78 is 47.8. The minimum atomic E-state index is -4.86. The van der Waals surface area contributed by atoms with Crippen molar-refractivity contribution in [2.45, 2.75) is 19.6 Å². The predicted molar refractivity (Wildman–Crippen MR) is 115 cm³/mol. The number of alkyl halides is 3. The van der Waals surface area contributed by atoms with Crippen LogP contribution >= 0.6 is 0 Å². The summed E-state index contributed by atoms with van der Waals surface area (Å²) in [6.45, 7) is 1.54. The van der Waals surface area contributed by atoms with E-state index >= 15 is 0 Å². The number of nitrogens with one attached hydrogen (secondary N) is 1. The van der Waals surface area contributed by atoms with Gasteiger partial charge < -0.3 is 10.1 Å². The van der Waals surface area contributed by atoms with E-state index < -0.39 is 29.3 Å². The second-order valence-corrected chi connectivity index (χ2v) is 7.09. The number of esters is 1. The van der Waals surface area contributed by atoms with Gasteiger partial charge >= 0.3 is 12.1 Å². The SMILES string of the molecule is CCOC(=O)c1cnn(-c2ccc(C(=O)NCc3cccnc3-n3cncn3)cc2)c1C(F)(F)F. The summed E-state index contributed by atoms with van der Waals surface area (Å²) in [7, 11) is 0. The Labute approximate surface area is 196 Å². The Morgan fingerprint density at radius 3 is 2.54 bits per heavy atom. The number of hydrogen-bond acceptors (Lipinski definition) is 7. The Kier molecular flexibility index (Phi) is 6.57. The molecule has 0 fully saturated rings. The first-order chi connectivity index (χ1) is 16.8. The van der Waals surface area contributed by atoms with Crippen molar-refractivity contribution in [1.29, 1.82) is 0 Å². The molecule has 0 spiro atoms. The Balaban J connectivity index is 1.53. The molecule has 35 heavy (non-hydrogen) atoms. The summed E-state index contributed by atoms with van der Waals surface area (Å²) >= 11 is 0. The van der Waals surface area contributed by atoms with Gasteiger partial charge in [0.2, 0.25) is 0 Å². The average Bonchev–Trinajstić information content (AvgIpc) is 3.53. The van der Waals surface area contributed by atoms with E-state index in [2.05, 4.69) is 25.5 Å². The number of halogens is 3. The first kappa shape index (κ1) is 23.6. The van der Waals surface area contributed by atoms with E-state index in [1.165, 1.54) is 48.5 Å². The van der Waals surface area contributed by atoms with Crippen LogP contribution in [-0.4, -0.2) is 48.0 Å². The lowest BCUT2D eigenvalue weighted by molar-refractivity contribution is -0.143. The van der Waals surface area contributed by atoms with Crippen LogP contribution in [0.5, 0.6) is 0 Å². The highest BCUT2D eigenvalue weighted by Gasteiger charge is 2.41. The van der Waals surface area contributed by atoms with Crippen LogP contribution < -0.4 is 5.32 Å². The van der Waals surface area contributed by atoms with E-state index in [0.29, 0.717) is 16.1 Å². The maximum atomic E-state index is 13.7. The van der Waals surface area contributed by atoms with Crippen molar-refractivity contribution in [3.63, 3.8) is 0 Å². The molecule has 1 amide bonds. The average molecular weight is 485 g/mol. The highest BCUT2D eigenvalue weighted by Crippen LogP contribution is 2.34. The van der Waals surface area contributed by atoms with Crippen molar-refractivity contribution in [2.75, 3.05) is 6.61 Å². The monoisotopic (exact) mass is 485 g/mol. The molecular weight excluding hydrogens is 467 g/mol. The number of aromatic nitrogens is 6. The van der Waals surface area contributed by atoms with E-state index in [0.717, 1.165) is 6.20 Å². The van der Waals surface area contributed by atoms with Crippen LogP contribution in [0.3, 0.4) is 0 Å². The van der Waals surface area contributed by atoms with Gasteiger partial charge in [0.05, 0.1) is 18.5 Å². The molecule has 0 saturated heterocycles. The van der Waals surface area contributed by atoms with Gasteiger partial charge in [-0.25, -0.2) is 24.1 Å². The Hall–Kier alpha value is -4.55.